The van der Waals surface area contributed by atoms with Crippen molar-refractivity contribution in [1.29, 1.82) is 0 Å². The first kappa shape index (κ1) is 26.7. The zero-order valence-electron chi connectivity index (χ0n) is 19.9. The number of amides is 2. The number of nitrogens with one attached hydrogen (secondary N) is 2. The molecule has 6 heteroatoms. The van der Waals surface area contributed by atoms with E-state index in [4.69, 9.17) is 4.74 Å². The summed E-state index contributed by atoms with van der Waals surface area (Å²) in [6.07, 6.45) is 2.64. The number of alkyl carbamates (subject to hydrolysis) is 1. The highest BCUT2D eigenvalue weighted by molar-refractivity contribution is 6.38. The van der Waals surface area contributed by atoms with Crippen molar-refractivity contribution in [2.24, 2.45) is 11.8 Å². The third kappa shape index (κ3) is 10.5. The second-order valence-electron chi connectivity index (χ2n) is 9.10. The summed E-state index contributed by atoms with van der Waals surface area (Å²) in [4.78, 5) is 37.9. The minimum absolute atomic E-state index is 0.214. The zero-order chi connectivity index (χ0) is 23.4. The van der Waals surface area contributed by atoms with Crippen LogP contribution in [0, 0.1) is 11.8 Å². The highest BCUT2D eigenvalue weighted by Crippen LogP contribution is 2.17. The van der Waals surface area contributed by atoms with Gasteiger partial charge in [-0.3, -0.25) is 9.59 Å². The Balaban J connectivity index is 2.77. The number of benzene rings is 1. The van der Waals surface area contributed by atoms with Crippen LogP contribution in [0.15, 0.2) is 30.3 Å². The minimum Gasteiger partial charge on any atom is -0.446 e. The molecule has 6 nitrogen and oxygen atoms in total. The van der Waals surface area contributed by atoms with Crippen molar-refractivity contribution < 1.29 is 19.1 Å². The fourth-order valence-electron chi connectivity index (χ4n) is 3.50. The Morgan fingerprint density at radius 1 is 0.903 bits per heavy atom. The molecule has 0 bridgehead atoms. The van der Waals surface area contributed by atoms with Crippen molar-refractivity contribution >= 4 is 17.8 Å². The van der Waals surface area contributed by atoms with E-state index in [-0.39, 0.29) is 12.1 Å². The predicted molar refractivity (Wildman–Crippen MR) is 124 cm³/mol. The summed E-state index contributed by atoms with van der Waals surface area (Å²) in [5, 5.41) is 5.39. The van der Waals surface area contributed by atoms with E-state index in [0.29, 0.717) is 18.3 Å². The molecule has 0 aliphatic heterocycles. The lowest BCUT2D eigenvalue weighted by atomic mass is 9.98. The van der Waals surface area contributed by atoms with Crippen molar-refractivity contribution in [3.8, 4) is 0 Å². The molecule has 1 rings (SSSR count). The molecule has 31 heavy (non-hydrogen) atoms. The van der Waals surface area contributed by atoms with E-state index < -0.39 is 23.8 Å². The van der Waals surface area contributed by atoms with Gasteiger partial charge in [-0.1, -0.05) is 77.8 Å². The summed E-state index contributed by atoms with van der Waals surface area (Å²) in [5.74, 6) is -0.560. The van der Waals surface area contributed by atoms with Gasteiger partial charge in [-0.15, -0.1) is 0 Å². The van der Waals surface area contributed by atoms with Crippen LogP contribution in [-0.2, 0) is 14.3 Å². The summed E-state index contributed by atoms with van der Waals surface area (Å²) in [6.45, 7) is 12.2. The lowest BCUT2D eigenvalue weighted by Crippen LogP contribution is -2.48. The number of unbranched alkanes of at least 4 members (excludes halogenated alkanes) is 1. The molecule has 0 heterocycles. The minimum atomic E-state index is -0.894. The second kappa shape index (κ2) is 13.8. The molecule has 2 amide bonds. The monoisotopic (exact) mass is 432 g/mol. The molecular formula is C25H40N2O4. The van der Waals surface area contributed by atoms with Gasteiger partial charge in [-0.25, -0.2) is 4.79 Å². The summed E-state index contributed by atoms with van der Waals surface area (Å²) in [7, 11) is 0. The Hall–Kier alpha value is -2.37. The Bertz CT molecular complexity index is 678. The van der Waals surface area contributed by atoms with Gasteiger partial charge in [0.2, 0.25) is 5.78 Å². The molecule has 1 aromatic carbocycles. The van der Waals surface area contributed by atoms with E-state index in [0.717, 1.165) is 31.2 Å². The van der Waals surface area contributed by atoms with Gasteiger partial charge in [0.05, 0.1) is 6.04 Å². The first-order valence-corrected chi connectivity index (χ1v) is 11.5. The van der Waals surface area contributed by atoms with Gasteiger partial charge < -0.3 is 15.4 Å². The van der Waals surface area contributed by atoms with Crippen LogP contribution < -0.4 is 10.6 Å². The average Bonchev–Trinajstić information content (AvgIpc) is 2.70. The molecule has 0 saturated carbocycles. The largest absolute Gasteiger partial charge is 0.446 e. The number of rotatable bonds is 13. The van der Waals surface area contributed by atoms with Crippen LogP contribution in [0.2, 0.25) is 0 Å². The average molecular weight is 433 g/mol. The van der Waals surface area contributed by atoms with Crippen LogP contribution in [-0.4, -0.2) is 29.9 Å². The summed E-state index contributed by atoms with van der Waals surface area (Å²) < 4.78 is 5.63. The van der Waals surface area contributed by atoms with E-state index in [9.17, 15) is 14.4 Å². The van der Waals surface area contributed by atoms with E-state index in [2.05, 4.69) is 38.3 Å². The van der Waals surface area contributed by atoms with E-state index >= 15 is 0 Å². The third-order valence-electron chi connectivity index (χ3n) is 5.07. The molecule has 0 aliphatic carbocycles. The molecule has 2 N–H and O–H groups in total. The van der Waals surface area contributed by atoms with E-state index in [1.165, 1.54) is 0 Å². The van der Waals surface area contributed by atoms with Crippen molar-refractivity contribution in [2.45, 2.75) is 91.8 Å². The molecular weight excluding hydrogens is 392 g/mol. The molecule has 0 radical (unpaired) electrons. The summed E-state index contributed by atoms with van der Waals surface area (Å²) in [6, 6.07) is 8.24. The quantitative estimate of drug-likeness (QED) is 0.421. The number of Topliss-reactive ketones (excluding diaryl/α,β-unsaturated/α-hetero) is 1. The maximum absolute atomic E-state index is 12.8. The van der Waals surface area contributed by atoms with E-state index in [1.807, 2.05) is 44.2 Å². The zero-order valence-corrected chi connectivity index (χ0v) is 19.9. The lowest BCUT2D eigenvalue weighted by Gasteiger charge is -2.24. The van der Waals surface area contributed by atoms with Gasteiger partial charge in [0.1, 0.15) is 12.1 Å². The van der Waals surface area contributed by atoms with Crippen molar-refractivity contribution in [2.75, 3.05) is 0 Å². The number of ether oxygens (including phenoxy) is 1. The first-order valence-electron chi connectivity index (χ1n) is 11.5. The lowest BCUT2D eigenvalue weighted by molar-refractivity contribution is -0.139. The maximum atomic E-state index is 12.8. The number of hydrogen-bond acceptors (Lipinski definition) is 4. The van der Waals surface area contributed by atoms with Gasteiger partial charge in [0.25, 0.3) is 5.91 Å². The standard InChI is InChI=1S/C25H40N2O4/c1-7-8-14-22(27-25(30)31-21(15-17(2)3)16-18(4)5)23(28)24(29)26-19(6)20-12-10-9-11-13-20/h9-13,17-19,21-22H,7-8,14-16H2,1-6H3,(H,26,29)(H,27,30)/t19-,22+/m1/s1. The molecule has 0 aromatic heterocycles. The van der Waals surface area contributed by atoms with Crippen LogP contribution in [0.1, 0.15) is 85.3 Å². The normalized spacial score (nSPS) is 13.2. The topological polar surface area (TPSA) is 84.5 Å². The molecule has 2 atom stereocenters. The SMILES string of the molecule is CCCC[C@H](NC(=O)OC(CC(C)C)CC(C)C)C(=O)C(=O)N[C@H](C)c1ccccc1. The van der Waals surface area contributed by atoms with Crippen molar-refractivity contribution in [3.05, 3.63) is 35.9 Å². The van der Waals surface area contributed by atoms with Gasteiger partial charge >= 0.3 is 6.09 Å². The predicted octanol–water partition coefficient (Wildman–Crippen LogP) is 5.18. The van der Waals surface area contributed by atoms with Gasteiger partial charge in [0, 0.05) is 0 Å². The Kier molecular flexibility index (Phi) is 11.9. The molecule has 0 unspecified atom stereocenters. The number of hydrogen-bond donors (Lipinski definition) is 2. The van der Waals surface area contributed by atoms with Crippen LogP contribution in [0.25, 0.3) is 0 Å². The smallest absolute Gasteiger partial charge is 0.408 e. The van der Waals surface area contributed by atoms with Gasteiger partial charge in [-0.05, 0) is 43.6 Å². The Morgan fingerprint density at radius 2 is 1.48 bits per heavy atom. The Morgan fingerprint density at radius 3 is 2.00 bits per heavy atom. The maximum Gasteiger partial charge on any atom is 0.408 e. The highest BCUT2D eigenvalue weighted by atomic mass is 16.6. The van der Waals surface area contributed by atoms with Gasteiger partial charge in [-0.2, -0.15) is 0 Å². The summed E-state index contributed by atoms with van der Waals surface area (Å²) >= 11 is 0. The molecule has 0 aliphatic rings. The number of carbonyl (C=O) groups is 3. The van der Waals surface area contributed by atoms with Crippen LogP contribution in [0.5, 0.6) is 0 Å². The Labute approximate surface area is 187 Å². The number of ketones is 1. The molecule has 1 aromatic rings. The third-order valence-corrected chi connectivity index (χ3v) is 5.07. The fourth-order valence-corrected chi connectivity index (χ4v) is 3.50. The van der Waals surface area contributed by atoms with Crippen LogP contribution >= 0.6 is 0 Å². The molecule has 174 valence electrons. The second-order valence-corrected chi connectivity index (χ2v) is 9.10. The van der Waals surface area contributed by atoms with Crippen LogP contribution in [0.4, 0.5) is 4.79 Å². The first-order chi connectivity index (χ1) is 14.6. The molecule has 0 fully saturated rings. The summed E-state index contributed by atoms with van der Waals surface area (Å²) in [5.41, 5.74) is 0.909. The molecule has 0 saturated heterocycles. The highest BCUT2D eigenvalue weighted by Gasteiger charge is 2.29. The van der Waals surface area contributed by atoms with Crippen LogP contribution in [0.3, 0.4) is 0 Å². The molecule has 0 spiro atoms. The van der Waals surface area contributed by atoms with Crippen molar-refractivity contribution in [1.82, 2.24) is 10.6 Å². The number of carbonyl (C=O) groups excluding carboxylic acids is 3. The fraction of sp³-hybridized carbons (Fsp3) is 0.640. The van der Waals surface area contributed by atoms with E-state index in [1.54, 1.807) is 0 Å². The van der Waals surface area contributed by atoms with Crippen molar-refractivity contribution in [3.63, 3.8) is 0 Å². The van der Waals surface area contributed by atoms with Gasteiger partial charge in [0.15, 0.2) is 0 Å².